The standard InChI is InChI=1S/C15H12F3N3O4/c16-15(17,18)9-25-11-1-2-13(21(23)24)12(7-11)14(22)20-8-10-3-5-19-6-4-10/h1-7H,8-9H2,(H,20,22). The number of hydrogen-bond donors (Lipinski definition) is 1. The van der Waals surface area contributed by atoms with Gasteiger partial charge in [0.2, 0.25) is 0 Å². The van der Waals surface area contributed by atoms with E-state index in [1.165, 1.54) is 12.4 Å². The number of ether oxygens (including phenoxy) is 1. The molecule has 7 nitrogen and oxygen atoms in total. The summed E-state index contributed by atoms with van der Waals surface area (Å²) in [5.74, 6) is -1.10. The number of nitrogens with zero attached hydrogens (tertiary/aromatic N) is 2. The number of amides is 1. The molecule has 0 spiro atoms. The summed E-state index contributed by atoms with van der Waals surface area (Å²) in [5.41, 5.74) is -0.221. The molecule has 0 atom stereocenters. The number of rotatable bonds is 6. The van der Waals surface area contributed by atoms with Crippen LogP contribution in [0, 0.1) is 10.1 Å². The Kier molecular flexibility index (Phi) is 5.52. The minimum absolute atomic E-state index is 0.0755. The van der Waals surface area contributed by atoms with E-state index in [9.17, 15) is 28.1 Å². The predicted molar refractivity (Wildman–Crippen MR) is 80.1 cm³/mol. The van der Waals surface area contributed by atoms with Gasteiger partial charge in [0.05, 0.1) is 4.92 Å². The van der Waals surface area contributed by atoms with Gasteiger partial charge in [-0.15, -0.1) is 0 Å². The van der Waals surface area contributed by atoms with Gasteiger partial charge in [0, 0.05) is 25.0 Å². The van der Waals surface area contributed by atoms with Crippen molar-refractivity contribution in [1.29, 1.82) is 0 Å². The predicted octanol–water partition coefficient (Wildman–Crippen LogP) is 2.86. The Balaban J connectivity index is 2.17. The van der Waals surface area contributed by atoms with Gasteiger partial charge in [0.15, 0.2) is 6.61 Å². The average molecular weight is 355 g/mol. The number of halogens is 3. The van der Waals surface area contributed by atoms with Crippen molar-refractivity contribution in [3.8, 4) is 5.75 Å². The highest BCUT2D eigenvalue weighted by molar-refractivity contribution is 5.98. The number of hydrogen-bond acceptors (Lipinski definition) is 5. The molecule has 0 aliphatic heterocycles. The number of nitro groups is 1. The van der Waals surface area contributed by atoms with Gasteiger partial charge in [0.1, 0.15) is 11.3 Å². The summed E-state index contributed by atoms with van der Waals surface area (Å²) < 4.78 is 41.1. The summed E-state index contributed by atoms with van der Waals surface area (Å²) >= 11 is 0. The smallest absolute Gasteiger partial charge is 0.422 e. The summed E-state index contributed by atoms with van der Waals surface area (Å²) in [7, 11) is 0. The lowest BCUT2D eigenvalue weighted by Gasteiger charge is -2.11. The van der Waals surface area contributed by atoms with E-state index < -0.39 is 34.9 Å². The number of nitro benzene ring substituents is 1. The van der Waals surface area contributed by atoms with Gasteiger partial charge in [-0.05, 0) is 29.8 Å². The van der Waals surface area contributed by atoms with Crippen molar-refractivity contribution in [2.24, 2.45) is 0 Å². The summed E-state index contributed by atoms with van der Waals surface area (Å²) in [4.78, 5) is 26.2. The highest BCUT2D eigenvalue weighted by atomic mass is 19.4. The molecule has 0 saturated carbocycles. The summed E-state index contributed by atoms with van der Waals surface area (Å²) in [6.45, 7) is -1.49. The second kappa shape index (κ2) is 7.60. The first-order chi connectivity index (χ1) is 11.8. The Bertz CT molecular complexity index is 766. The lowest BCUT2D eigenvalue weighted by Crippen LogP contribution is -2.24. The molecule has 1 N–H and O–H groups in total. The number of carbonyl (C=O) groups excluding carboxylic acids is 1. The van der Waals surface area contributed by atoms with Gasteiger partial charge < -0.3 is 10.1 Å². The third-order valence-electron chi connectivity index (χ3n) is 3.01. The van der Waals surface area contributed by atoms with Crippen molar-refractivity contribution in [3.63, 3.8) is 0 Å². The topological polar surface area (TPSA) is 94.4 Å². The second-order valence-electron chi connectivity index (χ2n) is 4.88. The Labute approximate surface area is 139 Å². The van der Waals surface area contributed by atoms with Crippen LogP contribution in [0.2, 0.25) is 0 Å². The fraction of sp³-hybridized carbons (Fsp3) is 0.200. The van der Waals surface area contributed by atoms with Crippen LogP contribution in [0.5, 0.6) is 5.75 Å². The van der Waals surface area contributed by atoms with E-state index in [2.05, 4.69) is 15.0 Å². The maximum Gasteiger partial charge on any atom is 0.422 e. The molecule has 25 heavy (non-hydrogen) atoms. The highest BCUT2D eigenvalue weighted by Crippen LogP contribution is 2.26. The van der Waals surface area contributed by atoms with Crippen LogP contribution in [0.4, 0.5) is 18.9 Å². The Morgan fingerprint density at radius 3 is 2.52 bits per heavy atom. The third-order valence-corrected chi connectivity index (χ3v) is 3.01. The largest absolute Gasteiger partial charge is 0.484 e. The quantitative estimate of drug-likeness (QED) is 0.635. The van der Waals surface area contributed by atoms with E-state index >= 15 is 0 Å². The molecule has 0 unspecified atom stereocenters. The maximum atomic E-state index is 12.2. The van der Waals surface area contributed by atoms with Gasteiger partial charge >= 0.3 is 6.18 Å². The normalized spacial score (nSPS) is 11.0. The van der Waals surface area contributed by atoms with Gasteiger partial charge in [-0.2, -0.15) is 13.2 Å². The lowest BCUT2D eigenvalue weighted by molar-refractivity contribution is -0.385. The van der Waals surface area contributed by atoms with E-state index in [1.54, 1.807) is 12.1 Å². The molecule has 0 aliphatic carbocycles. The number of pyridine rings is 1. The second-order valence-corrected chi connectivity index (χ2v) is 4.88. The molecule has 0 radical (unpaired) electrons. The molecular weight excluding hydrogens is 343 g/mol. The van der Waals surface area contributed by atoms with E-state index in [1.807, 2.05) is 0 Å². The van der Waals surface area contributed by atoms with Gasteiger partial charge in [-0.1, -0.05) is 0 Å². The molecule has 1 aromatic heterocycles. The first-order valence-corrected chi connectivity index (χ1v) is 6.91. The zero-order chi connectivity index (χ0) is 18.4. The zero-order valence-corrected chi connectivity index (χ0v) is 12.6. The molecule has 1 heterocycles. The fourth-order valence-electron chi connectivity index (χ4n) is 1.89. The summed E-state index contributed by atoms with van der Waals surface area (Å²) in [5, 5.41) is 13.5. The molecule has 10 heteroatoms. The van der Waals surface area contributed by atoms with Crippen molar-refractivity contribution >= 4 is 11.6 Å². The van der Waals surface area contributed by atoms with Crippen LogP contribution in [-0.4, -0.2) is 28.6 Å². The maximum absolute atomic E-state index is 12.2. The lowest BCUT2D eigenvalue weighted by atomic mass is 10.1. The number of alkyl halides is 3. The molecule has 2 aromatic rings. The first kappa shape index (κ1) is 18.2. The zero-order valence-electron chi connectivity index (χ0n) is 12.6. The summed E-state index contributed by atoms with van der Waals surface area (Å²) in [6, 6.07) is 6.11. The minimum Gasteiger partial charge on any atom is -0.484 e. The van der Waals surface area contributed by atoms with Crippen LogP contribution in [0.3, 0.4) is 0 Å². The van der Waals surface area contributed by atoms with Gasteiger partial charge in [-0.3, -0.25) is 19.9 Å². The number of aromatic nitrogens is 1. The van der Waals surface area contributed by atoms with E-state index in [0.29, 0.717) is 5.56 Å². The Morgan fingerprint density at radius 2 is 1.92 bits per heavy atom. The van der Waals surface area contributed by atoms with Crippen molar-refractivity contribution in [1.82, 2.24) is 10.3 Å². The Morgan fingerprint density at radius 1 is 1.24 bits per heavy atom. The van der Waals surface area contributed by atoms with Crippen LogP contribution in [0.25, 0.3) is 0 Å². The van der Waals surface area contributed by atoms with Gasteiger partial charge in [0.25, 0.3) is 11.6 Å². The first-order valence-electron chi connectivity index (χ1n) is 6.91. The molecule has 0 fully saturated rings. The van der Waals surface area contributed by atoms with Crippen molar-refractivity contribution in [2.75, 3.05) is 6.61 Å². The number of carbonyl (C=O) groups is 1. The van der Waals surface area contributed by atoms with E-state index in [-0.39, 0.29) is 12.3 Å². The summed E-state index contributed by atoms with van der Waals surface area (Å²) in [6.07, 6.45) is -1.55. The molecule has 0 bridgehead atoms. The minimum atomic E-state index is -4.56. The van der Waals surface area contributed by atoms with Gasteiger partial charge in [-0.25, -0.2) is 0 Å². The van der Waals surface area contributed by atoms with E-state index in [0.717, 1.165) is 18.2 Å². The molecule has 132 valence electrons. The molecule has 0 aliphatic rings. The van der Waals surface area contributed by atoms with Crippen LogP contribution < -0.4 is 10.1 Å². The van der Waals surface area contributed by atoms with Crippen LogP contribution in [0.1, 0.15) is 15.9 Å². The molecule has 2 rings (SSSR count). The molecular formula is C15H12F3N3O4. The third kappa shape index (κ3) is 5.44. The SMILES string of the molecule is O=C(NCc1ccncc1)c1cc(OCC(F)(F)F)ccc1[N+](=O)[O-]. The van der Waals surface area contributed by atoms with Crippen LogP contribution in [0.15, 0.2) is 42.7 Å². The molecule has 1 aromatic carbocycles. The van der Waals surface area contributed by atoms with Crippen molar-refractivity contribution in [2.45, 2.75) is 12.7 Å². The number of benzene rings is 1. The molecule has 1 amide bonds. The van der Waals surface area contributed by atoms with E-state index in [4.69, 9.17) is 0 Å². The monoisotopic (exact) mass is 355 g/mol. The molecule has 0 saturated heterocycles. The number of nitrogens with one attached hydrogen (secondary N) is 1. The van der Waals surface area contributed by atoms with Crippen molar-refractivity contribution < 1.29 is 27.6 Å². The van der Waals surface area contributed by atoms with Crippen molar-refractivity contribution in [3.05, 3.63) is 64.0 Å². The average Bonchev–Trinajstić information content (AvgIpc) is 2.57. The Hall–Kier alpha value is -3.17. The fourth-order valence-corrected chi connectivity index (χ4v) is 1.89. The van der Waals surface area contributed by atoms with Crippen LogP contribution >= 0.6 is 0 Å². The highest BCUT2D eigenvalue weighted by Gasteiger charge is 2.29. The van der Waals surface area contributed by atoms with Crippen LogP contribution in [-0.2, 0) is 6.54 Å².